The highest BCUT2D eigenvalue weighted by Gasteiger charge is 2.29. The third-order valence-electron chi connectivity index (χ3n) is 2.89. The van der Waals surface area contributed by atoms with Gasteiger partial charge in [0.25, 0.3) is 0 Å². The van der Waals surface area contributed by atoms with Gasteiger partial charge in [-0.2, -0.15) is 5.10 Å². The Kier molecular flexibility index (Phi) is 3.22. The van der Waals surface area contributed by atoms with Gasteiger partial charge in [0, 0.05) is 19.2 Å². The van der Waals surface area contributed by atoms with Gasteiger partial charge in [-0.1, -0.05) is 0 Å². The second-order valence-corrected chi connectivity index (χ2v) is 7.01. The Bertz CT molecular complexity index is 504. The van der Waals surface area contributed by atoms with Gasteiger partial charge in [0.15, 0.2) is 5.82 Å². The van der Waals surface area contributed by atoms with Gasteiger partial charge in [-0.3, -0.25) is 4.68 Å². The highest BCUT2D eigenvalue weighted by Crippen LogP contribution is 2.38. The zero-order chi connectivity index (χ0) is 12.6. The highest BCUT2D eigenvalue weighted by atomic mass is 32.2. The summed E-state index contributed by atoms with van der Waals surface area (Å²) in [5.74, 6) is 2.09. The molecule has 1 aliphatic carbocycles. The van der Waals surface area contributed by atoms with Crippen LogP contribution in [0.2, 0.25) is 0 Å². The molecule has 1 aliphatic rings. The average Bonchev–Trinajstić information content (AvgIpc) is 2.98. The summed E-state index contributed by atoms with van der Waals surface area (Å²) in [6, 6.07) is -0.366. The lowest BCUT2D eigenvalue weighted by Gasteiger charge is -2.09. The summed E-state index contributed by atoms with van der Waals surface area (Å²) in [6.45, 7) is 0. The highest BCUT2D eigenvalue weighted by molar-refractivity contribution is 7.90. The number of hydrogen-bond donors (Lipinski definition) is 1. The van der Waals surface area contributed by atoms with Gasteiger partial charge in [-0.25, -0.2) is 13.4 Å². The lowest BCUT2D eigenvalue weighted by Crippen LogP contribution is -2.19. The Morgan fingerprint density at radius 2 is 2.18 bits per heavy atom. The molecule has 1 saturated carbocycles. The Hall–Kier alpha value is -0.950. The first-order chi connectivity index (χ1) is 7.87. The molecule has 0 bridgehead atoms. The molecular weight excluding hydrogens is 240 g/mol. The molecule has 1 aromatic heterocycles. The SMILES string of the molecule is Cn1nc(C2CC2)nc1C(N)CCS(C)(=O)=O. The molecule has 0 amide bonds. The first-order valence-electron chi connectivity index (χ1n) is 5.71. The second kappa shape index (κ2) is 4.38. The van der Waals surface area contributed by atoms with Crippen molar-refractivity contribution in [1.29, 1.82) is 0 Å². The van der Waals surface area contributed by atoms with Crippen LogP contribution in [0.25, 0.3) is 0 Å². The summed E-state index contributed by atoms with van der Waals surface area (Å²) in [4.78, 5) is 4.40. The van der Waals surface area contributed by atoms with Gasteiger partial charge < -0.3 is 5.73 Å². The predicted octanol–water partition coefficient (Wildman–Crippen LogP) is 0.127. The number of nitrogens with two attached hydrogens (primary N) is 1. The summed E-state index contributed by atoms with van der Waals surface area (Å²) in [5, 5.41) is 4.31. The lowest BCUT2D eigenvalue weighted by atomic mass is 10.2. The van der Waals surface area contributed by atoms with Crippen molar-refractivity contribution in [2.24, 2.45) is 12.8 Å². The van der Waals surface area contributed by atoms with Crippen molar-refractivity contribution in [3.8, 4) is 0 Å². The summed E-state index contributed by atoms with van der Waals surface area (Å²) < 4.78 is 23.8. The van der Waals surface area contributed by atoms with E-state index in [1.54, 1.807) is 11.7 Å². The predicted molar refractivity (Wildman–Crippen MR) is 64.2 cm³/mol. The van der Waals surface area contributed by atoms with Crippen LogP contribution in [0, 0.1) is 0 Å². The minimum absolute atomic E-state index is 0.0831. The molecule has 96 valence electrons. The average molecular weight is 258 g/mol. The largest absolute Gasteiger partial charge is 0.321 e. The molecule has 1 fully saturated rings. The van der Waals surface area contributed by atoms with Crippen LogP contribution in [-0.2, 0) is 16.9 Å². The zero-order valence-corrected chi connectivity index (χ0v) is 10.9. The van der Waals surface area contributed by atoms with Crippen LogP contribution in [0.5, 0.6) is 0 Å². The molecule has 2 N–H and O–H groups in total. The molecule has 2 rings (SSSR count). The fraction of sp³-hybridized carbons (Fsp3) is 0.800. The van der Waals surface area contributed by atoms with E-state index in [9.17, 15) is 8.42 Å². The third kappa shape index (κ3) is 3.26. The zero-order valence-electron chi connectivity index (χ0n) is 10.1. The molecule has 1 atom stereocenters. The molecule has 1 heterocycles. The Morgan fingerprint density at radius 1 is 1.53 bits per heavy atom. The molecule has 0 saturated heterocycles. The third-order valence-corrected chi connectivity index (χ3v) is 3.86. The van der Waals surface area contributed by atoms with E-state index in [0.717, 1.165) is 18.7 Å². The molecule has 6 nitrogen and oxygen atoms in total. The number of aromatic nitrogens is 3. The number of nitrogens with zero attached hydrogens (tertiary/aromatic N) is 3. The molecular formula is C10H18N4O2S. The van der Waals surface area contributed by atoms with Crippen molar-refractivity contribution >= 4 is 9.84 Å². The molecule has 0 aliphatic heterocycles. The van der Waals surface area contributed by atoms with Crippen molar-refractivity contribution in [2.45, 2.75) is 31.2 Å². The first kappa shape index (κ1) is 12.5. The Morgan fingerprint density at radius 3 is 2.71 bits per heavy atom. The number of sulfone groups is 1. The Balaban J connectivity index is 2.05. The van der Waals surface area contributed by atoms with E-state index in [0.29, 0.717) is 18.2 Å². The van der Waals surface area contributed by atoms with Gasteiger partial charge in [0.05, 0.1) is 11.8 Å². The maximum Gasteiger partial charge on any atom is 0.154 e. The standard InChI is InChI=1S/C10H18N4O2S/c1-14-10(8(11)5-6-17(2,15)16)12-9(13-14)7-3-4-7/h7-8H,3-6,11H2,1-2H3. The van der Waals surface area contributed by atoms with Gasteiger partial charge >= 0.3 is 0 Å². The number of rotatable bonds is 5. The van der Waals surface area contributed by atoms with Gasteiger partial charge in [-0.05, 0) is 19.3 Å². The Labute approximate surface area is 101 Å². The monoisotopic (exact) mass is 258 g/mol. The van der Waals surface area contributed by atoms with E-state index >= 15 is 0 Å². The maximum absolute atomic E-state index is 11.1. The second-order valence-electron chi connectivity index (χ2n) is 4.75. The van der Waals surface area contributed by atoms with Crippen LogP contribution in [0.15, 0.2) is 0 Å². The fourth-order valence-electron chi connectivity index (χ4n) is 1.72. The maximum atomic E-state index is 11.1. The van der Waals surface area contributed by atoms with E-state index in [2.05, 4.69) is 10.1 Å². The summed E-state index contributed by atoms with van der Waals surface area (Å²) in [6.07, 6.45) is 3.88. The van der Waals surface area contributed by atoms with Crippen LogP contribution in [0.3, 0.4) is 0 Å². The van der Waals surface area contributed by atoms with Gasteiger partial charge in [0.2, 0.25) is 0 Å². The molecule has 0 spiro atoms. The van der Waals surface area contributed by atoms with Crippen LogP contribution in [0.4, 0.5) is 0 Å². The van der Waals surface area contributed by atoms with E-state index in [1.807, 2.05) is 0 Å². The van der Waals surface area contributed by atoms with E-state index in [4.69, 9.17) is 5.73 Å². The topological polar surface area (TPSA) is 90.9 Å². The molecule has 1 unspecified atom stereocenters. The van der Waals surface area contributed by atoms with Crippen LogP contribution < -0.4 is 5.73 Å². The molecule has 0 aromatic carbocycles. The summed E-state index contributed by atoms with van der Waals surface area (Å²) in [7, 11) is -1.17. The quantitative estimate of drug-likeness (QED) is 0.810. The van der Waals surface area contributed by atoms with Crippen molar-refractivity contribution in [2.75, 3.05) is 12.0 Å². The van der Waals surface area contributed by atoms with E-state index in [1.165, 1.54) is 6.26 Å². The van der Waals surface area contributed by atoms with Crippen molar-refractivity contribution < 1.29 is 8.42 Å². The van der Waals surface area contributed by atoms with Gasteiger partial charge in [0.1, 0.15) is 15.7 Å². The van der Waals surface area contributed by atoms with Crippen molar-refractivity contribution in [1.82, 2.24) is 14.8 Å². The lowest BCUT2D eigenvalue weighted by molar-refractivity contribution is 0.570. The van der Waals surface area contributed by atoms with Crippen LogP contribution in [0.1, 0.15) is 42.9 Å². The van der Waals surface area contributed by atoms with Gasteiger partial charge in [-0.15, -0.1) is 0 Å². The van der Waals surface area contributed by atoms with Crippen molar-refractivity contribution in [3.05, 3.63) is 11.6 Å². The minimum Gasteiger partial charge on any atom is -0.321 e. The molecule has 0 radical (unpaired) electrons. The summed E-state index contributed by atoms with van der Waals surface area (Å²) in [5.41, 5.74) is 5.95. The molecule has 17 heavy (non-hydrogen) atoms. The van der Waals surface area contributed by atoms with E-state index < -0.39 is 9.84 Å². The fourth-order valence-corrected chi connectivity index (χ4v) is 2.41. The summed E-state index contributed by atoms with van der Waals surface area (Å²) >= 11 is 0. The number of aryl methyl sites for hydroxylation is 1. The first-order valence-corrected chi connectivity index (χ1v) is 7.77. The molecule has 7 heteroatoms. The number of hydrogen-bond acceptors (Lipinski definition) is 5. The van der Waals surface area contributed by atoms with E-state index in [-0.39, 0.29) is 11.8 Å². The van der Waals surface area contributed by atoms with Crippen LogP contribution in [-0.4, -0.2) is 35.2 Å². The smallest absolute Gasteiger partial charge is 0.154 e. The molecule has 1 aromatic rings. The van der Waals surface area contributed by atoms with Crippen LogP contribution >= 0.6 is 0 Å². The van der Waals surface area contributed by atoms with Crippen molar-refractivity contribution in [3.63, 3.8) is 0 Å². The normalized spacial score (nSPS) is 18.3. The minimum atomic E-state index is -2.97.